The lowest BCUT2D eigenvalue weighted by molar-refractivity contribution is 0.119. The lowest BCUT2D eigenvalue weighted by Crippen LogP contribution is -2.54. The van der Waals surface area contributed by atoms with Crippen LogP contribution in [-0.4, -0.2) is 80.0 Å². The molecule has 9 heteroatoms. The molecule has 4 rings (SSSR count). The number of aryl methyl sites for hydroxylation is 2. The monoisotopic (exact) mass is 445 g/mol. The van der Waals surface area contributed by atoms with Crippen LogP contribution in [-0.2, 0) is 10.0 Å². The zero-order valence-corrected chi connectivity index (χ0v) is 19.3. The number of methoxy groups -OCH3 is 1. The van der Waals surface area contributed by atoms with Gasteiger partial charge in [0, 0.05) is 62.8 Å². The number of ether oxygens (including phenoxy) is 1. The highest BCUT2D eigenvalue weighted by Gasteiger charge is 2.33. The Morgan fingerprint density at radius 3 is 2.19 bits per heavy atom. The molecule has 2 aliphatic rings. The minimum absolute atomic E-state index is 0.294. The Balaban J connectivity index is 1.33. The van der Waals surface area contributed by atoms with E-state index in [9.17, 15) is 8.42 Å². The summed E-state index contributed by atoms with van der Waals surface area (Å²) in [6.45, 7) is 8.40. The normalized spacial score (nSPS) is 19.5. The quantitative estimate of drug-likeness (QED) is 0.697. The van der Waals surface area contributed by atoms with Crippen LogP contribution in [0.3, 0.4) is 0 Å². The summed E-state index contributed by atoms with van der Waals surface area (Å²) < 4.78 is 32.8. The summed E-state index contributed by atoms with van der Waals surface area (Å²) >= 11 is 0. The van der Waals surface area contributed by atoms with E-state index in [0.717, 1.165) is 56.4 Å². The SMILES string of the molecule is COc1cccc(S(=O)(=O)N2CCN(C3CCN(c4nc(C)cc(C)n4)CC3)CC2)c1. The summed E-state index contributed by atoms with van der Waals surface area (Å²) in [5.74, 6) is 1.38. The van der Waals surface area contributed by atoms with Crippen molar-refractivity contribution in [3.63, 3.8) is 0 Å². The fourth-order valence-electron chi connectivity index (χ4n) is 4.50. The second kappa shape index (κ2) is 9.10. The van der Waals surface area contributed by atoms with Crippen molar-refractivity contribution in [3.8, 4) is 5.75 Å². The standard InChI is InChI=1S/C22H31N5O3S/c1-17-15-18(2)24-22(23-17)26-9-7-19(8-10-26)25-11-13-27(14-12-25)31(28,29)21-6-4-5-20(16-21)30-3/h4-6,15-16,19H,7-14H2,1-3H3. The third-order valence-corrected chi connectivity index (χ3v) is 8.08. The van der Waals surface area contributed by atoms with Crippen LogP contribution < -0.4 is 9.64 Å². The number of hydrogen-bond acceptors (Lipinski definition) is 7. The van der Waals surface area contributed by atoms with E-state index < -0.39 is 10.0 Å². The maximum atomic E-state index is 13.0. The van der Waals surface area contributed by atoms with Crippen LogP contribution >= 0.6 is 0 Å². The molecule has 2 aliphatic heterocycles. The minimum atomic E-state index is -3.50. The van der Waals surface area contributed by atoms with E-state index in [4.69, 9.17) is 4.74 Å². The third kappa shape index (κ3) is 4.83. The fourth-order valence-corrected chi connectivity index (χ4v) is 5.96. The van der Waals surface area contributed by atoms with Crippen LogP contribution in [0.1, 0.15) is 24.2 Å². The summed E-state index contributed by atoms with van der Waals surface area (Å²) in [6.07, 6.45) is 2.08. The highest BCUT2D eigenvalue weighted by atomic mass is 32.2. The van der Waals surface area contributed by atoms with Gasteiger partial charge in [-0.1, -0.05) is 6.07 Å². The Labute approximate surface area is 184 Å². The van der Waals surface area contributed by atoms with Crippen molar-refractivity contribution in [2.24, 2.45) is 0 Å². The van der Waals surface area contributed by atoms with Crippen molar-refractivity contribution in [2.75, 3.05) is 51.3 Å². The number of piperazine rings is 1. The highest BCUT2D eigenvalue weighted by molar-refractivity contribution is 7.89. The molecule has 0 saturated carbocycles. The molecule has 3 heterocycles. The predicted molar refractivity (Wildman–Crippen MR) is 120 cm³/mol. The summed E-state index contributed by atoms with van der Waals surface area (Å²) in [7, 11) is -1.96. The Hall–Kier alpha value is -2.23. The molecule has 168 valence electrons. The largest absolute Gasteiger partial charge is 0.497 e. The molecule has 2 fully saturated rings. The average Bonchev–Trinajstić information content (AvgIpc) is 2.78. The molecule has 2 saturated heterocycles. The third-order valence-electron chi connectivity index (χ3n) is 6.19. The molecular formula is C22H31N5O3S. The second-order valence-corrected chi connectivity index (χ2v) is 10.2. The first-order chi connectivity index (χ1) is 14.9. The van der Waals surface area contributed by atoms with E-state index in [-0.39, 0.29) is 0 Å². The van der Waals surface area contributed by atoms with Gasteiger partial charge in [0.15, 0.2) is 0 Å². The molecule has 0 bridgehead atoms. The summed E-state index contributed by atoms with van der Waals surface area (Å²) in [5, 5.41) is 0. The molecule has 0 amide bonds. The van der Waals surface area contributed by atoms with Gasteiger partial charge in [-0.15, -0.1) is 0 Å². The van der Waals surface area contributed by atoms with Gasteiger partial charge < -0.3 is 9.64 Å². The molecule has 0 aliphatic carbocycles. The van der Waals surface area contributed by atoms with Crippen LogP contribution in [0.4, 0.5) is 5.95 Å². The Bertz CT molecular complexity index is 993. The number of nitrogens with zero attached hydrogens (tertiary/aromatic N) is 5. The van der Waals surface area contributed by atoms with Gasteiger partial charge in [0.2, 0.25) is 16.0 Å². The van der Waals surface area contributed by atoms with Gasteiger partial charge in [-0.3, -0.25) is 4.90 Å². The number of aromatic nitrogens is 2. The Morgan fingerprint density at radius 1 is 0.935 bits per heavy atom. The fraction of sp³-hybridized carbons (Fsp3) is 0.545. The van der Waals surface area contributed by atoms with E-state index >= 15 is 0 Å². The second-order valence-electron chi connectivity index (χ2n) is 8.29. The zero-order chi connectivity index (χ0) is 22.0. The van der Waals surface area contributed by atoms with Gasteiger partial charge in [-0.25, -0.2) is 18.4 Å². The van der Waals surface area contributed by atoms with E-state index in [1.165, 1.54) is 0 Å². The van der Waals surface area contributed by atoms with Gasteiger partial charge in [0.1, 0.15) is 5.75 Å². The lowest BCUT2D eigenvalue weighted by atomic mass is 10.0. The molecule has 1 aromatic heterocycles. The van der Waals surface area contributed by atoms with Crippen LogP contribution in [0, 0.1) is 13.8 Å². The van der Waals surface area contributed by atoms with Gasteiger partial charge >= 0.3 is 0 Å². The lowest BCUT2D eigenvalue weighted by Gasteiger charge is -2.42. The van der Waals surface area contributed by atoms with Gasteiger partial charge in [0.25, 0.3) is 0 Å². The smallest absolute Gasteiger partial charge is 0.243 e. The number of anilines is 1. The molecule has 0 unspecified atom stereocenters. The van der Waals surface area contributed by atoms with Crippen LogP contribution in [0.2, 0.25) is 0 Å². The number of rotatable bonds is 5. The van der Waals surface area contributed by atoms with Gasteiger partial charge in [0.05, 0.1) is 12.0 Å². The van der Waals surface area contributed by atoms with Crippen molar-refractivity contribution >= 4 is 16.0 Å². The van der Waals surface area contributed by atoms with Crippen molar-refractivity contribution in [2.45, 2.75) is 37.6 Å². The first-order valence-electron chi connectivity index (χ1n) is 10.8. The maximum absolute atomic E-state index is 13.0. The zero-order valence-electron chi connectivity index (χ0n) is 18.5. The molecule has 0 N–H and O–H groups in total. The topological polar surface area (TPSA) is 78.9 Å². The molecule has 31 heavy (non-hydrogen) atoms. The molecule has 1 aromatic carbocycles. The first kappa shape index (κ1) is 22.0. The van der Waals surface area contributed by atoms with E-state index in [2.05, 4.69) is 19.8 Å². The number of piperidine rings is 1. The van der Waals surface area contributed by atoms with Crippen molar-refractivity contribution in [1.82, 2.24) is 19.2 Å². The van der Waals surface area contributed by atoms with Gasteiger partial charge in [-0.2, -0.15) is 4.31 Å². The van der Waals surface area contributed by atoms with E-state index in [1.807, 2.05) is 19.9 Å². The van der Waals surface area contributed by atoms with Crippen molar-refractivity contribution in [1.29, 1.82) is 0 Å². The molecule has 8 nitrogen and oxygen atoms in total. The first-order valence-corrected chi connectivity index (χ1v) is 12.3. The summed E-state index contributed by atoms with van der Waals surface area (Å²) in [5.41, 5.74) is 2.00. The molecule has 2 aromatic rings. The minimum Gasteiger partial charge on any atom is -0.497 e. The number of sulfonamides is 1. The molecular weight excluding hydrogens is 414 g/mol. The molecule has 0 spiro atoms. The molecule has 0 atom stereocenters. The number of benzene rings is 1. The Kier molecular flexibility index (Phi) is 6.45. The predicted octanol–water partition coefficient (Wildman–Crippen LogP) is 2.08. The number of hydrogen-bond donors (Lipinski definition) is 0. The van der Waals surface area contributed by atoms with Gasteiger partial charge in [-0.05, 0) is 44.9 Å². The molecule has 0 radical (unpaired) electrons. The van der Waals surface area contributed by atoms with E-state index in [1.54, 1.807) is 35.7 Å². The highest BCUT2D eigenvalue weighted by Crippen LogP contribution is 2.25. The van der Waals surface area contributed by atoms with Crippen LogP contribution in [0.15, 0.2) is 35.2 Å². The summed E-state index contributed by atoms with van der Waals surface area (Å²) in [4.78, 5) is 14.2. The maximum Gasteiger partial charge on any atom is 0.243 e. The van der Waals surface area contributed by atoms with Crippen LogP contribution in [0.25, 0.3) is 0 Å². The van der Waals surface area contributed by atoms with Crippen LogP contribution in [0.5, 0.6) is 5.75 Å². The van der Waals surface area contributed by atoms with Crippen molar-refractivity contribution in [3.05, 3.63) is 41.7 Å². The average molecular weight is 446 g/mol. The van der Waals surface area contributed by atoms with E-state index in [0.29, 0.717) is 29.8 Å². The Morgan fingerprint density at radius 2 is 1.58 bits per heavy atom. The summed E-state index contributed by atoms with van der Waals surface area (Å²) in [6, 6.07) is 9.17. The van der Waals surface area contributed by atoms with Crippen molar-refractivity contribution < 1.29 is 13.2 Å².